The van der Waals surface area contributed by atoms with Gasteiger partial charge in [0.2, 0.25) is 0 Å². The zero-order chi connectivity index (χ0) is 10.8. The van der Waals surface area contributed by atoms with Crippen LogP contribution in [0.3, 0.4) is 0 Å². The third-order valence-electron chi connectivity index (χ3n) is 2.39. The molecule has 78 valence electrons. The molecule has 3 heteroatoms. The number of anilines is 2. The van der Waals surface area contributed by atoms with E-state index >= 15 is 0 Å². The van der Waals surface area contributed by atoms with Gasteiger partial charge in [-0.3, -0.25) is 0 Å². The molecule has 1 aromatic carbocycles. The summed E-state index contributed by atoms with van der Waals surface area (Å²) >= 11 is 0. The summed E-state index contributed by atoms with van der Waals surface area (Å²) in [6.07, 6.45) is 2.59. The quantitative estimate of drug-likeness (QED) is 0.736. The number of nitrogen functional groups attached to an aromatic ring is 2. The highest BCUT2D eigenvalue weighted by molar-refractivity contribution is 5.78. The molecule has 1 aromatic heterocycles. The summed E-state index contributed by atoms with van der Waals surface area (Å²) in [5, 5.41) is 0. The van der Waals surface area contributed by atoms with Gasteiger partial charge in [0.05, 0.1) is 6.26 Å². The highest BCUT2D eigenvalue weighted by Crippen LogP contribution is 2.29. The van der Waals surface area contributed by atoms with Crippen molar-refractivity contribution in [1.29, 1.82) is 0 Å². The lowest BCUT2D eigenvalue weighted by atomic mass is 10.1. The van der Waals surface area contributed by atoms with Crippen molar-refractivity contribution in [3.8, 4) is 11.1 Å². The average molecular weight is 202 g/mol. The minimum absolute atomic E-state index is 0.707. The first-order valence-corrected chi connectivity index (χ1v) is 4.93. The maximum absolute atomic E-state index is 5.87. The van der Waals surface area contributed by atoms with Crippen molar-refractivity contribution in [3.63, 3.8) is 0 Å². The molecule has 0 aliphatic carbocycles. The predicted octanol–water partition coefficient (Wildman–Crippen LogP) is 2.67. The van der Waals surface area contributed by atoms with Gasteiger partial charge in [-0.05, 0) is 24.3 Å². The molecule has 0 fully saturated rings. The van der Waals surface area contributed by atoms with Gasteiger partial charge in [-0.25, -0.2) is 0 Å². The number of hydrogen-bond acceptors (Lipinski definition) is 3. The molecule has 0 unspecified atom stereocenters. The maximum atomic E-state index is 5.87. The van der Waals surface area contributed by atoms with Crippen LogP contribution >= 0.6 is 0 Å². The van der Waals surface area contributed by atoms with Crippen molar-refractivity contribution in [2.24, 2.45) is 0 Å². The zero-order valence-corrected chi connectivity index (χ0v) is 8.66. The Hall–Kier alpha value is -1.90. The molecule has 2 rings (SSSR count). The van der Waals surface area contributed by atoms with Crippen molar-refractivity contribution in [1.82, 2.24) is 0 Å². The molecule has 3 nitrogen and oxygen atoms in total. The predicted molar refractivity (Wildman–Crippen MR) is 62.3 cm³/mol. The lowest BCUT2D eigenvalue weighted by Crippen LogP contribution is -1.91. The lowest BCUT2D eigenvalue weighted by Gasteiger charge is -2.03. The van der Waals surface area contributed by atoms with Gasteiger partial charge in [-0.1, -0.05) is 6.92 Å². The molecule has 0 radical (unpaired) electrons. The summed E-state index contributed by atoms with van der Waals surface area (Å²) in [6.45, 7) is 2.05. The van der Waals surface area contributed by atoms with Gasteiger partial charge < -0.3 is 15.9 Å². The molecule has 0 bridgehead atoms. The van der Waals surface area contributed by atoms with E-state index in [1.54, 1.807) is 12.3 Å². The number of hydrogen-bond donors (Lipinski definition) is 2. The SMILES string of the molecule is CCc1cc(-c2cc(N)ccc2N)co1. The number of furan rings is 1. The van der Waals surface area contributed by atoms with Crippen molar-refractivity contribution in [2.45, 2.75) is 13.3 Å². The smallest absolute Gasteiger partial charge is 0.104 e. The van der Waals surface area contributed by atoms with Crippen molar-refractivity contribution in [2.75, 3.05) is 11.5 Å². The third kappa shape index (κ3) is 1.81. The van der Waals surface area contributed by atoms with Crippen LogP contribution in [0.15, 0.2) is 34.9 Å². The molecule has 0 aliphatic heterocycles. The molecule has 4 N–H and O–H groups in total. The normalized spacial score (nSPS) is 10.5. The second kappa shape index (κ2) is 3.69. The Labute approximate surface area is 88.7 Å². The molecular formula is C12H14N2O. The molecule has 2 aromatic rings. The molecule has 0 aliphatic rings. The number of benzene rings is 1. The number of nitrogens with two attached hydrogens (primary N) is 2. The van der Waals surface area contributed by atoms with Gasteiger partial charge in [0.25, 0.3) is 0 Å². The summed E-state index contributed by atoms with van der Waals surface area (Å²) in [4.78, 5) is 0. The van der Waals surface area contributed by atoms with E-state index in [1.165, 1.54) is 0 Å². The van der Waals surface area contributed by atoms with Crippen LogP contribution in [-0.2, 0) is 6.42 Å². The van der Waals surface area contributed by atoms with Gasteiger partial charge in [-0.2, -0.15) is 0 Å². The van der Waals surface area contributed by atoms with Crippen LogP contribution in [0.5, 0.6) is 0 Å². The van der Waals surface area contributed by atoms with Gasteiger partial charge in [0.15, 0.2) is 0 Å². The van der Waals surface area contributed by atoms with E-state index in [0.29, 0.717) is 11.4 Å². The fraction of sp³-hybridized carbons (Fsp3) is 0.167. The zero-order valence-electron chi connectivity index (χ0n) is 8.66. The Morgan fingerprint density at radius 1 is 1.20 bits per heavy atom. The van der Waals surface area contributed by atoms with Crippen LogP contribution in [-0.4, -0.2) is 0 Å². The van der Waals surface area contributed by atoms with Crippen molar-refractivity contribution in [3.05, 3.63) is 36.3 Å². The Morgan fingerprint density at radius 2 is 2.00 bits per heavy atom. The Kier molecular flexibility index (Phi) is 2.37. The van der Waals surface area contributed by atoms with Gasteiger partial charge in [0.1, 0.15) is 5.76 Å². The molecule has 0 atom stereocenters. The van der Waals surface area contributed by atoms with E-state index in [-0.39, 0.29) is 0 Å². The first kappa shape index (κ1) is 9.65. The fourth-order valence-electron chi connectivity index (χ4n) is 1.53. The molecule has 0 saturated heterocycles. The van der Waals surface area contributed by atoms with E-state index in [9.17, 15) is 0 Å². The van der Waals surface area contributed by atoms with E-state index in [2.05, 4.69) is 0 Å². The second-order valence-corrected chi connectivity index (χ2v) is 3.50. The van der Waals surface area contributed by atoms with Gasteiger partial charge >= 0.3 is 0 Å². The van der Waals surface area contributed by atoms with Crippen molar-refractivity contribution < 1.29 is 4.42 Å². The summed E-state index contributed by atoms with van der Waals surface area (Å²) in [5.74, 6) is 0.951. The van der Waals surface area contributed by atoms with E-state index in [1.807, 2.05) is 25.1 Å². The molecular weight excluding hydrogens is 188 g/mol. The van der Waals surface area contributed by atoms with Crippen LogP contribution in [0.1, 0.15) is 12.7 Å². The first-order valence-electron chi connectivity index (χ1n) is 4.93. The number of rotatable bonds is 2. The Morgan fingerprint density at radius 3 is 2.67 bits per heavy atom. The summed E-state index contributed by atoms with van der Waals surface area (Å²) in [5.41, 5.74) is 14.9. The largest absolute Gasteiger partial charge is 0.469 e. The van der Waals surface area contributed by atoms with E-state index in [4.69, 9.17) is 15.9 Å². The van der Waals surface area contributed by atoms with E-state index < -0.39 is 0 Å². The molecule has 0 amide bonds. The van der Waals surface area contributed by atoms with Crippen LogP contribution in [0.2, 0.25) is 0 Å². The van der Waals surface area contributed by atoms with Gasteiger partial charge in [0, 0.05) is 28.9 Å². The topological polar surface area (TPSA) is 65.2 Å². The minimum Gasteiger partial charge on any atom is -0.469 e. The van der Waals surface area contributed by atoms with Crippen LogP contribution in [0.4, 0.5) is 11.4 Å². The maximum Gasteiger partial charge on any atom is 0.104 e. The molecule has 1 heterocycles. The Bertz CT molecular complexity index is 474. The fourth-order valence-corrected chi connectivity index (χ4v) is 1.53. The highest BCUT2D eigenvalue weighted by Gasteiger charge is 2.06. The third-order valence-corrected chi connectivity index (χ3v) is 2.39. The lowest BCUT2D eigenvalue weighted by molar-refractivity contribution is 0.516. The minimum atomic E-state index is 0.707. The Balaban J connectivity index is 2.48. The monoisotopic (exact) mass is 202 g/mol. The second-order valence-electron chi connectivity index (χ2n) is 3.50. The van der Waals surface area contributed by atoms with E-state index in [0.717, 1.165) is 23.3 Å². The van der Waals surface area contributed by atoms with Gasteiger partial charge in [-0.15, -0.1) is 0 Å². The summed E-state index contributed by atoms with van der Waals surface area (Å²) in [6, 6.07) is 7.45. The molecule has 0 spiro atoms. The van der Waals surface area contributed by atoms with Crippen LogP contribution < -0.4 is 11.5 Å². The summed E-state index contributed by atoms with van der Waals surface area (Å²) < 4.78 is 5.37. The van der Waals surface area contributed by atoms with Crippen LogP contribution in [0.25, 0.3) is 11.1 Å². The number of aryl methyl sites for hydroxylation is 1. The molecule has 15 heavy (non-hydrogen) atoms. The standard InChI is InChI=1S/C12H14N2O/c1-2-10-5-8(7-15-10)11-6-9(13)3-4-12(11)14/h3-7H,2,13-14H2,1H3. The first-order chi connectivity index (χ1) is 7.20. The summed E-state index contributed by atoms with van der Waals surface area (Å²) in [7, 11) is 0. The average Bonchev–Trinajstić information content (AvgIpc) is 2.70. The molecule has 0 saturated carbocycles. The van der Waals surface area contributed by atoms with Crippen LogP contribution in [0, 0.1) is 0 Å². The highest BCUT2D eigenvalue weighted by atomic mass is 16.3. The van der Waals surface area contributed by atoms with Crippen molar-refractivity contribution >= 4 is 11.4 Å².